The average molecular weight is 514 g/mol. The lowest BCUT2D eigenvalue weighted by Gasteiger charge is -2.19. The van der Waals surface area contributed by atoms with Crippen LogP contribution in [0.15, 0.2) is 85.3 Å². The van der Waals surface area contributed by atoms with Crippen LogP contribution in [0.2, 0.25) is 0 Å². The third kappa shape index (κ3) is 5.67. The first-order valence-electron chi connectivity index (χ1n) is 12.4. The van der Waals surface area contributed by atoms with E-state index in [2.05, 4.69) is 51.4 Å². The zero-order valence-electron chi connectivity index (χ0n) is 21.1. The molecule has 0 unspecified atom stereocenters. The molecule has 0 saturated heterocycles. The van der Waals surface area contributed by atoms with E-state index in [0.717, 1.165) is 41.5 Å². The van der Waals surface area contributed by atoms with E-state index >= 15 is 0 Å². The minimum Gasteiger partial charge on any atom is -0.497 e. The lowest BCUT2D eigenvalue weighted by molar-refractivity contribution is -0.116. The van der Waals surface area contributed by atoms with Crippen LogP contribution in [0.4, 0.5) is 5.69 Å². The Hall–Kier alpha value is -3.71. The molecule has 1 aliphatic heterocycles. The van der Waals surface area contributed by atoms with Crippen LogP contribution in [-0.2, 0) is 10.5 Å². The summed E-state index contributed by atoms with van der Waals surface area (Å²) in [6.45, 7) is 0. The summed E-state index contributed by atoms with van der Waals surface area (Å²) >= 11 is 1.85. The van der Waals surface area contributed by atoms with Gasteiger partial charge in [0.2, 0.25) is 5.91 Å². The Balaban J connectivity index is 1.23. The average Bonchev–Trinajstić information content (AvgIpc) is 3.55. The fourth-order valence-corrected chi connectivity index (χ4v) is 6.17. The number of carbonyl (C=O) groups excluding carboxylic acids is 1. The number of ether oxygens (including phenoxy) is 2. The second kappa shape index (κ2) is 11.6. The van der Waals surface area contributed by atoms with E-state index in [1.54, 1.807) is 20.4 Å². The predicted octanol–water partition coefficient (Wildman–Crippen LogP) is 6.63. The maximum atomic E-state index is 12.9. The molecule has 6 nitrogen and oxygen atoms in total. The summed E-state index contributed by atoms with van der Waals surface area (Å²) in [5.74, 6) is 2.76. The number of benzene rings is 2. The van der Waals surface area contributed by atoms with Crippen LogP contribution in [-0.4, -0.2) is 29.7 Å². The molecule has 0 radical (unpaired) electrons. The number of fused-ring (bicyclic) bond motifs is 1. The molecule has 5 rings (SSSR count). The van der Waals surface area contributed by atoms with Gasteiger partial charge < -0.3 is 19.4 Å². The highest BCUT2D eigenvalue weighted by Gasteiger charge is 2.27. The van der Waals surface area contributed by atoms with Gasteiger partial charge >= 0.3 is 0 Å². The molecule has 0 spiro atoms. The molecule has 0 fully saturated rings. The van der Waals surface area contributed by atoms with E-state index < -0.39 is 0 Å². The predicted molar refractivity (Wildman–Crippen MR) is 148 cm³/mol. The van der Waals surface area contributed by atoms with E-state index in [0.29, 0.717) is 6.42 Å². The molecular formula is C30H31N3O3S. The van der Waals surface area contributed by atoms with E-state index in [9.17, 15) is 4.79 Å². The number of amides is 1. The van der Waals surface area contributed by atoms with Crippen molar-refractivity contribution in [3.05, 3.63) is 108 Å². The Morgan fingerprint density at radius 2 is 1.70 bits per heavy atom. The second-order valence-electron chi connectivity index (χ2n) is 9.07. The number of hydrogen-bond acceptors (Lipinski definition) is 5. The molecule has 1 atom stereocenters. The second-order valence-corrected chi connectivity index (χ2v) is 10.1. The SMILES string of the molecule is COc1ccc(C(CCCC(=O)Nc2ccn3c2CS[C@@H]3c2cccnc2)c2ccc(OC)cc2)cc1. The minimum absolute atomic E-state index is 0.0482. The summed E-state index contributed by atoms with van der Waals surface area (Å²) in [5.41, 5.74) is 5.64. The zero-order chi connectivity index (χ0) is 25.6. The molecule has 1 N–H and O–H groups in total. The molecule has 0 saturated carbocycles. The van der Waals surface area contributed by atoms with E-state index in [4.69, 9.17) is 9.47 Å². The van der Waals surface area contributed by atoms with Crippen molar-refractivity contribution in [1.29, 1.82) is 0 Å². The van der Waals surface area contributed by atoms with Crippen LogP contribution in [0.1, 0.15) is 52.9 Å². The molecule has 2 aromatic carbocycles. The Labute approximate surface area is 222 Å². The largest absolute Gasteiger partial charge is 0.497 e. The summed E-state index contributed by atoms with van der Waals surface area (Å²) in [4.78, 5) is 17.2. The number of anilines is 1. The molecule has 3 heterocycles. The van der Waals surface area contributed by atoms with Gasteiger partial charge in [0.25, 0.3) is 0 Å². The lowest BCUT2D eigenvalue weighted by Crippen LogP contribution is -2.13. The minimum atomic E-state index is 0.0482. The number of aromatic nitrogens is 2. The molecule has 7 heteroatoms. The van der Waals surface area contributed by atoms with E-state index in [1.165, 1.54) is 16.7 Å². The molecule has 1 aliphatic rings. The lowest BCUT2D eigenvalue weighted by atomic mass is 9.87. The fraction of sp³-hybridized carbons (Fsp3) is 0.267. The first kappa shape index (κ1) is 25.0. The molecule has 190 valence electrons. The number of thioether (sulfide) groups is 1. The van der Waals surface area contributed by atoms with Gasteiger partial charge in [-0.05, 0) is 60.4 Å². The first-order chi connectivity index (χ1) is 18.2. The van der Waals surface area contributed by atoms with Crippen molar-refractivity contribution in [3.63, 3.8) is 0 Å². The summed E-state index contributed by atoms with van der Waals surface area (Å²) in [5, 5.41) is 3.35. The van der Waals surface area contributed by atoms with Gasteiger partial charge in [-0.15, -0.1) is 11.8 Å². The van der Waals surface area contributed by atoms with Gasteiger partial charge in [-0.25, -0.2) is 0 Å². The number of nitrogens with one attached hydrogen (secondary N) is 1. The molecule has 0 bridgehead atoms. The van der Waals surface area contributed by atoms with Crippen LogP contribution in [0.3, 0.4) is 0 Å². The van der Waals surface area contributed by atoms with Crippen molar-refractivity contribution in [3.8, 4) is 11.5 Å². The van der Waals surface area contributed by atoms with Gasteiger partial charge in [0.1, 0.15) is 16.9 Å². The molecule has 4 aromatic rings. The van der Waals surface area contributed by atoms with Gasteiger partial charge in [-0.2, -0.15) is 0 Å². The number of rotatable bonds is 10. The van der Waals surface area contributed by atoms with Crippen molar-refractivity contribution >= 4 is 23.4 Å². The number of nitrogens with zero attached hydrogens (tertiary/aromatic N) is 2. The maximum absolute atomic E-state index is 12.9. The summed E-state index contributed by atoms with van der Waals surface area (Å²) in [6, 6.07) is 22.4. The monoisotopic (exact) mass is 513 g/mol. The van der Waals surface area contributed by atoms with Crippen LogP contribution >= 0.6 is 11.8 Å². The Kier molecular flexibility index (Phi) is 7.80. The Morgan fingerprint density at radius 1 is 1.03 bits per heavy atom. The van der Waals surface area contributed by atoms with Gasteiger partial charge in [0, 0.05) is 42.2 Å². The van der Waals surface area contributed by atoms with Gasteiger partial charge in [0.15, 0.2) is 0 Å². The van der Waals surface area contributed by atoms with Crippen LogP contribution < -0.4 is 14.8 Å². The third-order valence-electron chi connectivity index (χ3n) is 6.83. The topological polar surface area (TPSA) is 65.4 Å². The van der Waals surface area contributed by atoms with E-state index in [1.807, 2.05) is 54.4 Å². The molecular weight excluding hydrogens is 482 g/mol. The molecule has 37 heavy (non-hydrogen) atoms. The first-order valence-corrected chi connectivity index (χ1v) is 13.5. The van der Waals surface area contributed by atoms with Gasteiger partial charge in [-0.1, -0.05) is 30.3 Å². The van der Waals surface area contributed by atoms with Crippen molar-refractivity contribution in [2.24, 2.45) is 0 Å². The van der Waals surface area contributed by atoms with Crippen molar-refractivity contribution in [2.45, 2.75) is 36.3 Å². The Morgan fingerprint density at radius 3 is 2.30 bits per heavy atom. The number of hydrogen-bond donors (Lipinski definition) is 1. The molecule has 1 amide bonds. The number of pyridine rings is 1. The number of methoxy groups -OCH3 is 2. The van der Waals surface area contributed by atoms with Crippen LogP contribution in [0.25, 0.3) is 0 Å². The van der Waals surface area contributed by atoms with Gasteiger partial charge in [0.05, 0.1) is 25.6 Å². The van der Waals surface area contributed by atoms with Crippen LogP contribution in [0.5, 0.6) is 11.5 Å². The van der Waals surface area contributed by atoms with Crippen molar-refractivity contribution < 1.29 is 14.3 Å². The fourth-order valence-electron chi connectivity index (χ4n) is 4.86. The van der Waals surface area contributed by atoms with E-state index in [-0.39, 0.29) is 17.2 Å². The van der Waals surface area contributed by atoms with Crippen molar-refractivity contribution in [1.82, 2.24) is 9.55 Å². The summed E-state index contributed by atoms with van der Waals surface area (Å²) in [7, 11) is 3.35. The highest BCUT2D eigenvalue weighted by molar-refractivity contribution is 7.99. The maximum Gasteiger partial charge on any atom is 0.224 e. The molecule has 2 aromatic heterocycles. The highest BCUT2D eigenvalue weighted by atomic mass is 32.2. The van der Waals surface area contributed by atoms with Gasteiger partial charge in [-0.3, -0.25) is 9.78 Å². The van der Waals surface area contributed by atoms with Crippen molar-refractivity contribution in [2.75, 3.05) is 19.5 Å². The quantitative estimate of drug-likeness (QED) is 0.258. The summed E-state index contributed by atoms with van der Waals surface area (Å²) in [6.07, 6.45) is 7.86. The Bertz CT molecular complexity index is 1270. The van der Waals surface area contributed by atoms with Crippen LogP contribution in [0, 0.1) is 0 Å². The zero-order valence-corrected chi connectivity index (χ0v) is 21.9. The summed E-state index contributed by atoms with van der Waals surface area (Å²) < 4.78 is 12.9. The smallest absolute Gasteiger partial charge is 0.224 e. The third-order valence-corrected chi connectivity index (χ3v) is 8.09. The normalized spacial score (nSPS) is 14.4. The molecule has 0 aliphatic carbocycles. The highest BCUT2D eigenvalue weighted by Crippen LogP contribution is 2.43. The number of carbonyl (C=O) groups is 1. The standard InChI is InChI=1S/C30H31N3O3S/c1-35-24-12-8-21(9-13-24)26(22-10-14-25(36-2)15-11-22)6-3-7-29(34)32-27-16-18-33-28(27)20-37-30(33)23-5-4-17-31-19-23/h4-5,8-19,26,30H,3,6-7,20H2,1-2H3,(H,32,34)/t30-/m1/s1.